The third-order valence-corrected chi connectivity index (χ3v) is 8.09. The summed E-state index contributed by atoms with van der Waals surface area (Å²) in [7, 11) is 4.92. The first-order valence-electron chi connectivity index (χ1n) is 13.9. The summed E-state index contributed by atoms with van der Waals surface area (Å²) < 4.78 is 49.8. The number of alkyl halides is 1. The number of hydrogen-bond donors (Lipinski definition) is 2. The minimum absolute atomic E-state index is 0.0133. The number of carbonyl (C=O) groups excluding carboxylic acids is 1. The van der Waals surface area contributed by atoms with Gasteiger partial charge in [-0.3, -0.25) is 14.2 Å². The lowest BCUT2D eigenvalue weighted by atomic mass is 10.1. The SMILES string of the molecule is CONC(=O)Nc1ccc(-c2sc3c(c2CN(C)C)c(=O)n(-c2cccc(OCCF)n2)c(=O)n3Cc2c(F)cccc2F)cc1. The number of hydroxylamine groups is 1. The van der Waals surface area contributed by atoms with E-state index in [9.17, 15) is 27.6 Å². The maximum atomic E-state index is 14.9. The Morgan fingerprint density at radius 1 is 1.00 bits per heavy atom. The molecule has 2 amide bonds. The number of nitrogens with zero attached hydrogens (tertiary/aromatic N) is 4. The molecule has 0 fully saturated rings. The van der Waals surface area contributed by atoms with Crippen molar-refractivity contribution < 1.29 is 27.5 Å². The Morgan fingerprint density at radius 3 is 2.35 bits per heavy atom. The molecule has 240 valence electrons. The van der Waals surface area contributed by atoms with Gasteiger partial charge in [0, 0.05) is 28.7 Å². The fourth-order valence-corrected chi connectivity index (χ4v) is 6.16. The molecule has 0 radical (unpaired) electrons. The second kappa shape index (κ2) is 14.0. The van der Waals surface area contributed by atoms with Crippen molar-refractivity contribution in [3.63, 3.8) is 0 Å². The number of halogens is 3. The van der Waals surface area contributed by atoms with Crippen LogP contribution in [0.3, 0.4) is 0 Å². The van der Waals surface area contributed by atoms with Gasteiger partial charge in [-0.25, -0.2) is 32.8 Å². The quantitative estimate of drug-likeness (QED) is 0.198. The van der Waals surface area contributed by atoms with Gasteiger partial charge in [-0.1, -0.05) is 24.3 Å². The molecule has 5 aromatic rings. The van der Waals surface area contributed by atoms with Crippen molar-refractivity contribution >= 4 is 33.3 Å². The molecule has 0 spiro atoms. The number of fused-ring (bicyclic) bond motifs is 1. The number of carbonyl (C=O) groups is 1. The molecule has 2 N–H and O–H groups in total. The summed E-state index contributed by atoms with van der Waals surface area (Å²) in [5.74, 6) is -1.84. The predicted octanol–water partition coefficient (Wildman–Crippen LogP) is 4.70. The fraction of sp³-hybridized carbons (Fsp3) is 0.226. The van der Waals surface area contributed by atoms with Gasteiger partial charge in [0.1, 0.15) is 35.6 Å². The molecule has 0 unspecified atom stereocenters. The summed E-state index contributed by atoms with van der Waals surface area (Å²) in [6.07, 6.45) is 0. The van der Waals surface area contributed by atoms with E-state index in [1.54, 1.807) is 24.3 Å². The molecule has 0 aliphatic rings. The van der Waals surface area contributed by atoms with E-state index < -0.39 is 42.1 Å². The van der Waals surface area contributed by atoms with E-state index in [0.29, 0.717) is 21.7 Å². The Hall–Kier alpha value is -4.99. The average molecular weight is 655 g/mol. The molecule has 0 bridgehead atoms. The number of aromatic nitrogens is 3. The van der Waals surface area contributed by atoms with Crippen LogP contribution in [-0.2, 0) is 17.9 Å². The summed E-state index contributed by atoms with van der Waals surface area (Å²) >= 11 is 1.12. The molecule has 0 saturated heterocycles. The Balaban J connectivity index is 1.78. The molecule has 0 aliphatic heterocycles. The van der Waals surface area contributed by atoms with Crippen LogP contribution in [0.4, 0.5) is 23.7 Å². The number of nitrogens with one attached hydrogen (secondary N) is 2. The number of urea groups is 1. The highest BCUT2D eigenvalue weighted by molar-refractivity contribution is 7.22. The smallest absolute Gasteiger partial charge is 0.343 e. The Labute approximate surface area is 264 Å². The molecule has 3 aromatic heterocycles. The standard InChI is InChI=1S/C31H29F3N6O5S/c1-38(2)16-21-26-28(41)40(24-8-5-9-25(36-24)45-15-14-32)31(43)39(17-20-22(33)6-4-7-23(20)34)29(26)46-27(21)18-10-12-19(13-11-18)35-30(42)37-44-3/h4-13H,14-17H2,1-3H3,(H2,35,37,42). The van der Waals surface area contributed by atoms with Crippen LogP contribution >= 0.6 is 11.3 Å². The number of benzene rings is 2. The van der Waals surface area contributed by atoms with Gasteiger partial charge in [0.15, 0.2) is 0 Å². The second-order valence-electron chi connectivity index (χ2n) is 10.2. The Kier molecular flexibility index (Phi) is 9.84. The molecule has 46 heavy (non-hydrogen) atoms. The zero-order chi connectivity index (χ0) is 33.0. The van der Waals surface area contributed by atoms with Crippen molar-refractivity contribution in [1.29, 1.82) is 0 Å². The third-order valence-electron chi connectivity index (χ3n) is 6.79. The van der Waals surface area contributed by atoms with Gasteiger partial charge in [-0.05, 0) is 55.6 Å². The summed E-state index contributed by atoms with van der Waals surface area (Å²) in [4.78, 5) is 51.8. The van der Waals surface area contributed by atoms with Crippen molar-refractivity contribution in [3.05, 3.63) is 104 Å². The summed E-state index contributed by atoms with van der Waals surface area (Å²) in [6, 6.07) is 13.9. The van der Waals surface area contributed by atoms with Gasteiger partial charge in [0.25, 0.3) is 5.56 Å². The highest BCUT2D eigenvalue weighted by Gasteiger charge is 2.26. The van der Waals surface area contributed by atoms with Crippen LogP contribution in [-0.4, -0.2) is 59.5 Å². The number of ether oxygens (including phenoxy) is 1. The first-order valence-corrected chi connectivity index (χ1v) is 14.7. The van der Waals surface area contributed by atoms with Crippen LogP contribution in [0.15, 0.2) is 70.3 Å². The van der Waals surface area contributed by atoms with Crippen LogP contribution in [0.2, 0.25) is 0 Å². The summed E-state index contributed by atoms with van der Waals surface area (Å²) in [6.45, 7) is -1.32. The highest BCUT2D eigenvalue weighted by atomic mass is 32.1. The lowest BCUT2D eigenvalue weighted by Gasteiger charge is -2.15. The number of anilines is 1. The minimum atomic E-state index is -0.886. The van der Waals surface area contributed by atoms with E-state index in [4.69, 9.17) is 4.74 Å². The highest BCUT2D eigenvalue weighted by Crippen LogP contribution is 2.38. The first-order chi connectivity index (χ1) is 22.1. The molecule has 3 heterocycles. The van der Waals surface area contributed by atoms with Gasteiger partial charge in [0.2, 0.25) is 5.88 Å². The second-order valence-corrected chi connectivity index (χ2v) is 11.2. The van der Waals surface area contributed by atoms with Crippen LogP contribution in [0.25, 0.3) is 26.5 Å². The number of amides is 2. The van der Waals surface area contributed by atoms with E-state index >= 15 is 0 Å². The molecule has 0 aliphatic carbocycles. The average Bonchev–Trinajstić information content (AvgIpc) is 3.38. The first kappa shape index (κ1) is 32.4. The number of hydrogen-bond acceptors (Lipinski definition) is 8. The normalized spacial score (nSPS) is 11.3. The minimum Gasteiger partial charge on any atom is -0.475 e. The topological polar surface area (TPSA) is 120 Å². The van der Waals surface area contributed by atoms with E-state index in [-0.39, 0.29) is 40.6 Å². The Bertz CT molecular complexity index is 1990. The molecule has 11 nitrogen and oxygen atoms in total. The monoisotopic (exact) mass is 654 g/mol. The third kappa shape index (κ3) is 6.66. The molecule has 0 atom stereocenters. The summed E-state index contributed by atoms with van der Waals surface area (Å²) in [5.41, 5.74) is 1.90. The van der Waals surface area contributed by atoms with Crippen molar-refractivity contribution in [2.24, 2.45) is 0 Å². The maximum Gasteiger partial charge on any atom is 0.343 e. The molecule has 15 heteroatoms. The maximum absolute atomic E-state index is 14.9. The van der Waals surface area contributed by atoms with E-state index in [2.05, 4.69) is 20.6 Å². The molecule has 0 saturated carbocycles. The van der Waals surface area contributed by atoms with E-state index in [0.717, 1.165) is 32.6 Å². The lowest BCUT2D eigenvalue weighted by Crippen LogP contribution is -2.39. The molecular weight excluding hydrogens is 625 g/mol. The van der Waals surface area contributed by atoms with Gasteiger partial charge in [-0.15, -0.1) is 11.3 Å². The Morgan fingerprint density at radius 2 is 1.70 bits per heavy atom. The molecule has 2 aromatic carbocycles. The van der Waals surface area contributed by atoms with Crippen molar-refractivity contribution in [2.45, 2.75) is 13.1 Å². The van der Waals surface area contributed by atoms with Crippen molar-refractivity contribution in [3.8, 4) is 22.1 Å². The van der Waals surface area contributed by atoms with Crippen molar-refractivity contribution in [1.82, 2.24) is 24.5 Å². The van der Waals surface area contributed by atoms with Gasteiger partial charge in [-0.2, -0.15) is 4.98 Å². The zero-order valence-electron chi connectivity index (χ0n) is 25.0. The van der Waals surface area contributed by atoms with E-state index in [1.165, 1.54) is 31.4 Å². The van der Waals surface area contributed by atoms with Crippen LogP contribution in [0, 0.1) is 11.6 Å². The molecular formula is C31H29F3N6O5S. The number of thiophene rings is 1. The number of rotatable bonds is 11. The van der Waals surface area contributed by atoms with Crippen molar-refractivity contribution in [2.75, 3.05) is 39.8 Å². The predicted molar refractivity (Wildman–Crippen MR) is 168 cm³/mol. The van der Waals surface area contributed by atoms with Gasteiger partial charge in [0.05, 0.1) is 19.0 Å². The van der Waals surface area contributed by atoms with Crippen LogP contribution < -0.4 is 26.8 Å². The van der Waals surface area contributed by atoms with Gasteiger partial charge < -0.3 is 15.0 Å². The van der Waals surface area contributed by atoms with E-state index in [1.807, 2.05) is 19.0 Å². The van der Waals surface area contributed by atoms with Gasteiger partial charge >= 0.3 is 11.7 Å². The largest absolute Gasteiger partial charge is 0.475 e. The summed E-state index contributed by atoms with van der Waals surface area (Å²) in [5, 5.41) is 2.77. The number of pyridine rings is 1. The zero-order valence-corrected chi connectivity index (χ0v) is 25.8. The van der Waals surface area contributed by atoms with Crippen LogP contribution in [0.5, 0.6) is 5.88 Å². The molecule has 5 rings (SSSR count). The lowest BCUT2D eigenvalue weighted by molar-refractivity contribution is 0.114. The fourth-order valence-electron chi connectivity index (χ4n) is 4.86. The van der Waals surface area contributed by atoms with Crippen LogP contribution in [0.1, 0.15) is 11.1 Å².